The van der Waals surface area contributed by atoms with Crippen molar-refractivity contribution in [3.63, 3.8) is 0 Å². The van der Waals surface area contributed by atoms with E-state index in [9.17, 15) is 9.90 Å². The van der Waals surface area contributed by atoms with Gasteiger partial charge in [0.2, 0.25) is 5.91 Å². The summed E-state index contributed by atoms with van der Waals surface area (Å²) in [7, 11) is 0. The van der Waals surface area contributed by atoms with E-state index in [2.05, 4.69) is 9.80 Å². The molecule has 1 atom stereocenters. The van der Waals surface area contributed by atoms with Gasteiger partial charge in [0, 0.05) is 25.6 Å². The number of benzene rings is 1. The maximum absolute atomic E-state index is 12.8. The first-order valence-corrected chi connectivity index (χ1v) is 10.5. The highest BCUT2D eigenvalue weighted by Crippen LogP contribution is 2.22. The maximum atomic E-state index is 12.8. The van der Waals surface area contributed by atoms with E-state index in [0.29, 0.717) is 19.1 Å². The number of hydrogen-bond donors (Lipinski definition) is 1. The number of nitrogens with zero attached hydrogens (tertiary/aromatic N) is 2. The molecule has 1 aromatic rings. The summed E-state index contributed by atoms with van der Waals surface area (Å²) in [5.41, 5.74) is 1.19. The summed E-state index contributed by atoms with van der Waals surface area (Å²) in [5.74, 6) is 1.32. The van der Waals surface area contributed by atoms with Gasteiger partial charge in [0.05, 0.1) is 0 Å². The lowest BCUT2D eigenvalue weighted by molar-refractivity contribution is -0.137. The van der Waals surface area contributed by atoms with E-state index in [1.165, 1.54) is 18.4 Å². The van der Waals surface area contributed by atoms with E-state index < -0.39 is 6.10 Å². The van der Waals surface area contributed by atoms with Crippen LogP contribution in [0.5, 0.6) is 5.75 Å². The zero-order chi connectivity index (χ0) is 19.1. The Bertz CT molecular complexity index is 574. The van der Waals surface area contributed by atoms with Crippen LogP contribution in [-0.4, -0.2) is 66.2 Å². The first kappa shape index (κ1) is 20.2. The van der Waals surface area contributed by atoms with Crippen molar-refractivity contribution in [1.29, 1.82) is 0 Å². The molecule has 2 aliphatic rings. The Labute approximate surface area is 163 Å². The van der Waals surface area contributed by atoms with Crippen LogP contribution >= 0.6 is 0 Å². The lowest BCUT2D eigenvalue weighted by Gasteiger charge is -2.34. The molecule has 5 nitrogen and oxygen atoms in total. The third-order valence-corrected chi connectivity index (χ3v) is 5.79. The molecule has 150 valence electrons. The van der Waals surface area contributed by atoms with Crippen LogP contribution in [0.25, 0.3) is 0 Å². The third kappa shape index (κ3) is 6.22. The summed E-state index contributed by atoms with van der Waals surface area (Å²) in [4.78, 5) is 17.1. The molecule has 2 saturated heterocycles. The minimum atomic E-state index is -0.510. The summed E-state index contributed by atoms with van der Waals surface area (Å²) in [5, 5.41) is 10.3. The van der Waals surface area contributed by atoms with Crippen molar-refractivity contribution in [3.05, 3.63) is 29.8 Å². The lowest BCUT2D eigenvalue weighted by Crippen LogP contribution is -2.45. The van der Waals surface area contributed by atoms with Gasteiger partial charge in [-0.15, -0.1) is 0 Å². The first-order chi connectivity index (χ1) is 13.1. The number of hydrogen-bond acceptors (Lipinski definition) is 4. The Hall–Kier alpha value is -1.59. The van der Waals surface area contributed by atoms with Crippen molar-refractivity contribution in [3.8, 4) is 5.75 Å². The van der Waals surface area contributed by atoms with Gasteiger partial charge in [-0.1, -0.05) is 30.5 Å². The van der Waals surface area contributed by atoms with Crippen LogP contribution in [0.3, 0.4) is 0 Å². The quantitative estimate of drug-likeness (QED) is 0.832. The number of carbonyl (C=O) groups is 1. The van der Waals surface area contributed by atoms with Crippen LogP contribution in [0.2, 0.25) is 0 Å². The monoisotopic (exact) mass is 374 g/mol. The van der Waals surface area contributed by atoms with Gasteiger partial charge in [-0.3, -0.25) is 4.79 Å². The van der Waals surface area contributed by atoms with Gasteiger partial charge >= 0.3 is 0 Å². The van der Waals surface area contributed by atoms with Gasteiger partial charge in [-0.2, -0.15) is 0 Å². The number of likely N-dealkylation sites (tertiary alicyclic amines) is 2. The minimum Gasteiger partial charge on any atom is -0.491 e. The van der Waals surface area contributed by atoms with E-state index in [1.807, 2.05) is 31.2 Å². The van der Waals surface area contributed by atoms with E-state index >= 15 is 0 Å². The molecule has 27 heavy (non-hydrogen) atoms. The summed E-state index contributed by atoms with van der Waals surface area (Å²) in [6.07, 6.45) is 6.11. The van der Waals surface area contributed by atoms with Crippen LogP contribution in [-0.2, 0) is 4.79 Å². The van der Waals surface area contributed by atoms with Crippen LogP contribution in [0, 0.1) is 12.8 Å². The minimum absolute atomic E-state index is 0.167. The van der Waals surface area contributed by atoms with Crippen molar-refractivity contribution in [2.75, 3.05) is 39.3 Å². The number of ether oxygens (including phenoxy) is 1. The fourth-order valence-corrected chi connectivity index (χ4v) is 4.09. The largest absolute Gasteiger partial charge is 0.491 e. The zero-order valence-corrected chi connectivity index (χ0v) is 16.6. The molecule has 2 aliphatic heterocycles. The van der Waals surface area contributed by atoms with Crippen molar-refractivity contribution < 1.29 is 14.6 Å². The normalized spacial score (nSPS) is 20.9. The van der Waals surface area contributed by atoms with Gasteiger partial charge in [0.25, 0.3) is 0 Å². The van der Waals surface area contributed by atoms with Gasteiger partial charge in [0.15, 0.2) is 0 Å². The van der Waals surface area contributed by atoms with Crippen molar-refractivity contribution >= 4 is 5.91 Å². The number of carbonyl (C=O) groups excluding carboxylic acids is 1. The van der Waals surface area contributed by atoms with E-state index in [-0.39, 0.29) is 5.92 Å². The highest BCUT2D eigenvalue weighted by atomic mass is 16.5. The number of aliphatic hydroxyl groups excluding tert-OH is 1. The Balaban J connectivity index is 1.37. The number of β-amino-alcohol motifs (C(OH)–C–C–N with tert-alkyl or cyclic N) is 1. The average Bonchev–Trinajstić information content (AvgIpc) is 2.97. The Morgan fingerprint density at radius 2 is 1.70 bits per heavy atom. The van der Waals surface area contributed by atoms with E-state index in [4.69, 9.17) is 4.74 Å². The predicted octanol–water partition coefficient (Wildman–Crippen LogP) is 2.85. The number of amides is 1. The topological polar surface area (TPSA) is 53.0 Å². The summed E-state index contributed by atoms with van der Waals surface area (Å²) < 4.78 is 5.68. The highest BCUT2D eigenvalue weighted by Gasteiger charge is 2.29. The van der Waals surface area contributed by atoms with E-state index in [0.717, 1.165) is 57.6 Å². The van der Waals surface area contributed by atoms with Crippen LogP contribution < -0.4 is 4.74 Å². The second kappa shape index (κ2) is 10.1. The van der Waals surface area contributed by atoms with Gasteiger partial charge in [0.1, 0.15) is 18.5 Å². The van der Waals surface area contributed by atoms with Gasteiger partial charge in [-0.05, 0) is 57.8 Å². The molecule has 3 rings (SSSR count). The summed E-state index contributed by atoms with van der Waals surface area (Å²) in [6.45, 7) is 6.59. The smallest absolute Gasteiger partial charge is 0.225 e. The zero-order valence-electron chi connectivity index (χ0n) is 16.6. The SMILES string of the molecule is Cc1ccc(OCC(O)CN2CCC(C(=O)N3CCCCCC3)CC2)cc1. The molecule has 0 aliphatic carbocycles. The molecule has 0 bridgehead atoms. The summed E-state index contributed by atoms with van der Waals surface area (Å²) >= 11 is 0. The molecule has 0 spiro atoms. The van der Waals surface area contributed by atoms with Crippen molar-refractivity contribution in [1.82, 2.24) is 9.80 Å². The lowest BCUT2D eigenvalue weighted by atomic mass is 9.95. The fourth-order valence-electron chi connectivity index (χ4n) is 4.09. The number of rotatable bonds is 6. The number of piperidine rings is 1. The maximum Gasteiger partial charge on any atom is 0.225 e. The Morgan fingerprint density at radius 1 is 1.07 bits per heavy atom. The second-order valence-corrected chi connectivity index (χ2v) is 8.09. The highest BCUT2D eigenvalue weighted by molar-refractivity contribution is 5.79. The fraction of sp³-hybridized carbons (Fsp3) is 0.682. The second-order valence-electron chi connectivity index (χ2n) is 8.09. The summed E-state index contributed by atoms with van der Waals surface area (Å²) in [6, 6.07) is 7.88. The molecule has 1 N–H and O–H groups in total. The molecule has 0 aromatic heterocycles. The molecule has 2 heterocycles. The standard InChI is InChI=1S/C22H34N2O3/c1-18-6-8-21(9-7-18)27-17-20(25)16-23-14-10-19(11-15-23)22(26)24-12-4-2-3-5-13-24/h6-9,19-20,25H,2-5,10-17H2,1H3. The first-order valence-electron chi connectivity index (χ1n) is 10.5. The molecular weight excluding hydrogens is 340 g/mol. The molecule has 0 saturated carbocycles. The van der Waals surface area contributed by atoms with Crippen LogP contribution in [0.15, 0.2) is 24.3 Å². The van der Waals surface area contributed by atoms with Crippen LogP contribution in [0.1, 0.15) is 44.1 Å². The molecule has 1 aromatic carbocycles. The van der Waals surface area contributed by atoms with Crippen LogP contribution in [0.4, 0.5) is 0 Å². The van der Waals surface area contributed by atoms with Crippen molar-refractivity contribution in [2.45, 2.75) is 51.6 Å². The molecule has 2 fully saturated rings. The third-order valence-electron chi connectivity index (χ3n) is 5.79. The average molecular weight is 375 g/mol. The van der Waals surface area contributed by atoms with E-state index in [1.54, 1.807) is 0 Å². The molecule has 0 radical (unpaired) electrons. The molecule has 1 unspecified atom stereocenters. The Kier molecular flexibility index (Phi) is 7.53. The number of aryl methyl sites for hydroxylation is 1. The van der Waals surface area contributed by atoms with Gasteiger partial charge < -0.3 is 19.6 Å². The predicted molar refractivity (Wildman–Crippen MR) is 107 cm³/mol. The molecular formula is C22H34N2O3. The Morgan fingerprint density at radius 3 is 2.33 bits per heavy atom. The van der Waals surface area contributed by atoms with Gasteiger partial charge in [-0.25, -0.2) is 0 Å². The van der Waals surface area contributed by atoms with Crippen molar-refractivity contribution in [2.24, 2.45) is 5.92 Å². The number of aliphatic hydroxyl groups is 1. The molecule has 1 amide bonds. The molecule has 5 heteroatoms.